The van der Waals surface area contributed by atoms with Gasteiger partial charge in [-0.25, -0.2) is 9.59 Å². The molecule has 0 saturated heterocycles. The molecule has 3 N–H and O–H groups in total. The number of carboxylic acids is 1. The lowest BCUT2D eigenvalue weighted by molar-refractivity contribution is 0.0519. The molecule has 0 aliphatic rings. The number of hydrogen-bond acceptors (Lipinski definition) is 11. The molecular weight excluding hydrogens is 707 g/mol. The van der Waals surface area contributed by atoms with E-state index in [1.165, 1.54) is 29.6 Å². The molecule has 16 heteroatoms. The second-order valence-electron chi connectivity index (χ2n) is 9.49. The summed E-state index contributed by atoms with van der Waals surface area (Å²) in [6.45, 7) is 7.15. The van der Waals surface area contributed by atoms with Gasteiger partial charge in [-0.2, -0.15) is 0 Å². The Hall–Kier alpha value is -3.40. The number of hydrogen-bond donors (Lipinski definition) is 3. The Kier molecular flexibility index (Phi) is 15.4. The van der Waals surface area contributed by atoms with Crippen LogP contribution < -0.4 is 20.3 Å². The lowest BCUT2D eigenvalue weighted by Gasteiger charge is -2.13. The highest BCUT2D eigenvalue weighted by molar-refractivity contribution is 7.99. The normalized spacial score (nSPS) is 10.9. The molecule has 48 heavy (non-hydrogen) atoms. The van der Waals surface area contributed by atoms with Gasteiger partial charge in [0.2, 0.25) is 10.9 Å². The standard InChI is InChI=1S/C17H20ClNO5S.C15H16ClNO5S/c1-4-23-17(21)12-15(20)10-6-7-11(24-9-8-22-3)13(18)14(10)19-16(12)25-5-2;1-3-23-14-10(15(19)20)13(18)8-4-5-9(22-7-6-21-2)11(16)12(8)17-14/h6-7H,4-5,8-9H2,1-3H3,(H,19,20);4-5H,3,6-7H2,1-2H3,(H,17,18)(H,19,20). The number of nitrogens with one attached hydrogen (secondary N) is 2. The number of carbonyl (C=O) groups excluding carboxylic acids is 1. The minimum absolute atomic E-state index is 0.00492. The van der Waals surface area contributed by atoms with Gasteiger partial charge in [-0.15, -0.1) is 23.5 Å². The van der Waals surface area contributed by atoms with Crippen molar-refractivity contribution >= 4 is 80.5 Å². The Morgan fingerprint density at radius 3 is 1.56 bits per heavy atom. The molecule has 2 aromatic carbocycles. The average Bonchev–Trinajstić information content (AvgIpc) is 3.04. The van der Waals surface area contributed by atoms with E-state index in [2.05, 4.69) is 9.97 Å². The highest BCUT2D eigenvalue weighted by atomic mass is 35.5. The van der Waals surface area contributed by atoms with Crippen LogP contribution in [0.5, 0.6) is 11.5 Å². The van der Waals surface area contributed by atoms with Crippen LogP contribution in [-0.2, 0) is 14.2 Å². The minimum atomic E-state index is -1.26. The lowest BCUT2D eigenvalue weighted by Crippen LogP contribution is -2.20. The van der Waals surface area contributed by atoms with E-state index in [-0.39, 0.29) is 33.2 Å². The topological polar surface area (TPSA) is 166 Å². The smallest absolute Gasteiger partial charge is 0.344 e. The Morgan fingerprint density at radius 2 is 1.17 bits per heavy atom. The highest BCUT2D eigenvalue weighted by Crippen LogP contribution is 2.34. The average molecular weight is 744 g/mol. The molecule has 260 valence electrons. The maximum atomic E-state index is 12.8. The molecule has 0 saturated carbocycles. The summed E-state index contributed by atoms with van der Waals surface area (Å²) < 4.78 is 25.9. The number of carbonyl (C=O) groups is 2. The molecule has 0 radical (unpaired) electrons. The molecule has 0 unspecified atom stereocenters. The maximum absolute atomic E-state index is 12.8. The summed E-state index contributed by atoms with van der Waals surface area (Å²) >= 11 is 15.3. The fourth-order valence-electron chi connectivity index (χ4n) is 4.35. The number of thioether (sulfide) groups is 2. The number of aromatic nitrogens is 2. The van der Waals surface area contributed by atoms with E-state index in [0.29, 0.717) is 75.9 Å². The van der Waals surface area contributed by atoms with Crippen molar-refractivity contribution in [1.82, 2.24) is 9.97 Å². The number of pyridine rings is 2. The third-order valence-electron chi connectivity index (χ3n) is 6.45. The van der Waals surface area contributed by atoms with Gasteiger partial charge >= 0.3 is 11.9 Å². The van der Waals surface area contributed by atoms with Crippen LogP contribution in [0.2, 0.25) is 10.0 Å². The summed E-state index contributed by atoms with van der Waals surface area (Å²) in [6.07, 6.45) is 0. The molecule has 2 heterocycles. The largest absolute Gasteiger partial charge is 0.490 e. The van der Waals surface area contributed by atoms with Crippen molar-refractivity contribution in [3.63, 3.8) is 0 Å². The number of fused-ring (bicyclic) bond motifs is 2. The predicted molar refractivity (Wildman–Crippen MR) is 190 cm³/mol. The number of H-pyrrole nitrogens is 2. The van der Waals surface area contributed by atoms with Gasteiger partial charge in [0.25, 0.3) is 0 Å². The van der Waals surface area contributed by atoms with E-state index in [0.717, 1.165) is 0 Å². The van der Waals surface area contributed by atoms with Gasteiger partial charge in [-0.05, 0) is 42.7 Å². The number of halogens is 2. The van der Waals surface area contributed by atoms with Gasteiger partial charge in [-0.3, -0.25) is 9.59 Å². The van der Waals surface area contributed by atoms with Crippen molar-refractivity contribution in [2.75, 3.05) is 58.8 Å². The Labute approximate surface area is 294 Å². The fraction of sp³-hybridized carbons (Fsp3) is 0.375. The van der Waals surface area contributed by atoms with Gasteiger partial charge < -0.3 is 38.8 Å². The monoisotopic (exact) mass is 742 g/mol. The number of esters is 1. The molecule has 4 rings (SSSR count). The lowest BCUT2D eigenvalue weighted by atomic mass is 10.1. The van der Waals surface area contributed by atoms with Crippen LogP contribution in [0.15, 0.2) is 43.9 Å². The first-order valence-corrected chi connectivity index (χ1v) is 17.4. The zero-order chi connectivity index (χ0) is 35.4. The second kappa shape index (κ2) is 19.0. The first-order chi connectivity index (χ1) is 23.1. The van der Waals surface area contributed by atoms with Crippen LogP contribution in [-0.4, -0.2) is 85.8 Å². The second-order valence-corrected chi connectivity index (χ2v) is 12.8. The van der Waals surface area contributed by atoms with E-state index < -0.39 is 22.8 Å². The number of rotatable bonds is 15. The molecular formula is C32H36Cl2N2O10S2. The Morgan fingerprint density at radius 1 is 0.729 bits per heavy atom. The van der Waals surface area contributed by atoms with Crippen molar-refractivity contribution in [2.24, 2.45) is 0 Å². The number of aromatic amines is 2. The molecule has 0 aliphatic carbocycles. The Balaban J connectivity index is 0.000000261. The summed E-state index contributed by atoms with van der Waals surface area (Å²) in [5.41, 5.74) is -0.432. The summed E-state index contributed by atoms with van der Waals surface area (Å²) in [4.78, 5) is 54.9. The van der Waals surface area contributed by atoms with Crippen molar-refractivity contribution in [3.8, 4) is 11.5 Å². The van der Waals surface area contributed by atoms with Crippen molar-refractivity contribution in [2.45, 2.75) is 30.8 Å². The van der Waals surface area contributed by atoms with E-state index in [9.17, 15) is 24.3 Å². The summed E-state index contributed by atoms with van der Waals surface area (Å²) in [5.74, 6) is 0.234. The number of benzene rings is 2. The molecule has 0 fully saturated rings. The van der Waals surface area contributed by atoms with Crippen LogP contribution in [0.1, 0.15) is 41.5 Å². The van der Waals surface area contributed by atoms with Crippen molar-refractivity contribution in [3.05, 3.63) is 65.9 Å². The van der Waals surface area contributed by atoms with Crippen LogP contribution in [0.3, 0.4) is 0 Å². The summed E-state index contributed by atoms with van der Waals surface area (Å²) in [7, 11) is 3.14. The summed E-state index contributed by atoms with van der Waals surface area (Å²) in [6, 6.07) is 6.26. The predicted octanol–water partition coefficient (Wildman–Crippen LogP) is 6.51. The van der Waals surface area contributed by atoms with E-state index in [1.54, 1.807) is 39.3 Å². The highest BCUT2D eigenvalue weighted by Gasteiger charge is 2.23. The van der Waals surface area contributed by atoms with Crippen LogP contribution in [0, 0.1) is 0 Å². The van der Waals surface area contributed by atoms with Gasteiger partial charge in [0.05, 0.1) is 40.9 Å². The minimum Gasteiger partial charge on any atom is -0.490 e. The van der Waals surface area contributed by atoms with Crippen molar-refractivity contribution < 1.29 is 38.4 Å². The third kappa shape index (κ3) is 9.18. The number of carboxylic acid groups (broad SMARTS) is 1. The van der Waals surface area contributed by atoms with Gasteiger partial charge in [-0.1, -0.05) is 37.0 Å². The Bertz CT molecular complexity index is 1880. The van der Waals surface area contributed by atoms with Crippen molar-refractivity contribution in [1.29, 1.82) is 0 Å². The third-order valence-corrected chi connectivity index (χ3v) is 8.97. The molecule has 0 atom stereocenters. The van der Waals surface area contributed by atoms with E-state index >= 15 is 0 Å². The summed E-state index contributed by atoms with van der Waals surface area (Å²) in [5, 5.41) is 11.1. The van der Waals surface area contributed by atoms with Crippen LogP contribution in [0.25, 0.3) is 21.8 Å². The quantitative estimate of drug-likeness (QED) is 0.0688. The van der Waals surface area contributed by atoms with E-state index in [1.807, 2.05) is 13.8 Å². The first-order valence-electron chi connectivity index (χ1n) is 14.7. The molecule has 4 aromatic rings. The zero-order valence-electron chi connectivity index (χ0n) is 27.0. The number of ether oxygens (including phenoxy) is 5. The van der Waals surface area contributed by atoms with Crippen LogP contribution >= 0.6 is 46.7 Å². The maximum Gasteiger partial charge on any atom is 0.344 e. The molecule has 0 aliphatic heterocycles. The fourth-order valence-corrected chi connectivity index (χ4v) is 6.45. The number of methoxy groups -OCH3 is 2. The number of aromatic carboxylic acids is 1. The SMILES string of the molecule is CCOC(=O)c1c(SCC)[nH]c2c(Cl)c(OCCOC)ccc2c1=O.CCSc1[nH]c2c(Cl)c(OCCOC)ccc2c(=O)c1C(=O)O. The molecule has 0 bridgehead atoms. The van der Waals surface area contributed by atoms with E-state index in [4.69, 9.17) is 46.9 Å². The van der Waals surface area contributed by atoms with Crippen LogP contribution in [0.4, 0.5) is 0 Å². The van der Waals surface area contributed by atoms with Gasteiger partial charge in [0.15, 0.2) is 0 Å². The van der Waals surface area contributed by atoms with Gasteiger partial charge in [0, 0.05) is 25.0 Å². The molecule has 0 spiro atoms. The first kappa shape index (κ1) is 39.0. The molecule has 0 amide bonds. The molecule has 2 aromatic heterocycles. The zero-order valence-corrected chi connectivity index (χ0v) is 30.1. The molecule has 12 nitrogen and oxygen atoms in total. The van der Waals surface area contributed by atoms with Gasteiger partial charge in [0.1, 0.15) is 45.9 Å².